The van der Waals surface area contributed by atoms with Crippen LogP contribution in [0, 0.1) is 0 Å². The molecule has 7 heteroatoms. The molecule has 0 unspecified atom stereocenters. The van der Waals surface area contributed by atoms with Crippen LogP contribution < -0.4 is 15.5 Å². The number of hydrogen-bond donors (Lipinski definition) is 2. The minimum absolute atomic E-state index is 0.0850. The molecule has 0 saturated heterocycles. The quantitative estimate of drug-likeness (QED) is 0.549. The molecule has 0 aromatic heterocycles. The van der Waals surface area contributed by atoms with Crippen LogP contribution in [-0.4, -0.2) is 24.1 Å². The maximum atomic E-state index is 11.9. The van der Waals surface area contributed by atoms with Gasteiger partial charge < -0.3 is 10.1 Å². The first kappa shape index (κ1) is 18.7. The first-order valence-corrected chi connectivity index (χ1v) is 8.37. The van der Waals surface area contributed by atoms with E-state index < -0.39 is 5.91 Å². The first-order chi connectivity index (χ1) is 12.0. The molecule has 0 aliphatic rings. The molecule has 2 amide bonds. The summed E-state index contributed by atoms with van der Waals surface area (Å²) in [5.74, 6) is -0.0256. The van der Waals surface area contributed by atoms with Gasteiger partial charge in [-0.15, -0.1) is 0 Å². The second-order valence-electron chi connectivity index (χ2n) is 5.22. The summed E-state index contributed by atoms with van der Waals surface area (Å²) in [5.41, 5.74) is 3.57. The molecule has 0 saturated carbocycles. The van der Waals surface area contributed by atoms with Gasteiger partial charge in [0.15, 0.2) is 6.61 Å². The van der Waals surface area contributed by atoms with E-state index in [2.05, 4.69) is 31.8 Å². The van der Waals surface area contributed by atoms with Gasteiger partial charge in [-0.25, -0.2) is 5.43 Å². The SMILES string of the molecule is C/C(CC(=O)Nc1ccccc1)=N\NC(=O)COc1cccc(Br)c1. The summed E-state index contributed by atoms with van der Waals surface area (Å²) in [7, 11) is 0. The maximum Gasteiger partial charge on any atom is 0.277 e. The lowest BCUT2D eigenvalue weighted by Gasteiger charge is -2.07. The Balaban J connectivity index is 1.74. The zero-order chi connectivity index (χ0) is 18.1. The molecule has 0 spiro atoms. The molecular weight excluding hydrogens is 386 g/mol. The number of halogens is 1. The Labute approximate surface area is 154 Å². The predicted molar refractivity (Wildman–Crippen MR) is 101 cm³/mol. The Morgan fingerprint density at radius 3 is 2.56 bits per heavy atom. The highest BCUT2D eigenvalue weighted by atomic mass is 79.9. The van der Waals surface area contributed by atoms with Crippen LogP contribution in [0.25, 0.3) is 0 Å². The lowest BCUT2D eigenvalue weighted by Crippen LogP contribution is -2.26. The average molecular weight is 404 g/mol. The zero-order valence-electron chi connectivity index (χ0n) is 13.7. The fourth-order valence-electron chi connectivity index (χ4n) is 1.89. The van der Waals surface area contributed by atoms with Crippen molar-refractivity contribution in [2.75, 3.05) is 11.9 Å². The lowest BCUT2D eigenvalue weighted by atomic mass is 10.2. The number of amides is 2. The molecule has 0 bridgehead atoms. The van der Waals surface area contributed by atoms with E-state index in [0.717, 1.165) is 4.47 Å². The van der Waals surface area contributed by atoms with Gasteiger partial charge in [0.2, 0.25) is 5.91 Å². The van der Waals surface area contributed by atoms with Gasteiger partial charge in [0, 0.05) is 15.9 Å². The van der Waals surface area contributed by atoms with Crippen LogP contribution >= 0.6 is 15.9 Å². The van der Waals surface area contributed by atoms with Crippen molar-refractivity contribution in [2.24, 2.45) is 5.10 Å². The van der Waals surface area contributed by atoms with Gasteiger partial charge in [-0.1, -0.05) is 40.2 Å². The average Bonchev–Trinajstić information content (AvgIpc) is 2.59. The maximum absolute atomic E-state index is 11.9. The number of anilines is 1. The van der Waals surface area contributed by atoms with E-state index in [-0.39, 0.29) is 18.9 Å². The van der Waals surface area contributed by atoms with E-state index >= 15 is 0 Å². The fourth-order valence-corrected chi connectivity index (χ4v) is 2.27. The molecule has 0 fully saturated rings. The van der Waals surface area contributed by atoms with Gasteiger partial charge in [0.05, 0.1) is 6.42 Å². The highest BCUT2D eigenvalue weighted by Crippen LogP contribution is 2.17. The Morgan fingerprint density at radius 1 is 1.08 bits per heavy atom. The summed E-state index contributed by atoms with van der Waals surface area (Å²) in [6.45, 7) is 1.50. The molecule has 0 atom stereocenters. The summed E-state index contributed by atoms with van der Waals surface area (Å²) in [6.07, 6.45) is 0.0850. The van der Waals surface area contributed by atoms with Crippen molar-refractivity contribution in [1.82, 2.24) is 5.43 Å². The minimum Gasteiger partial charge on any atom is -0.484 e. The molecule has 130 valence electrons. The largest absolute Gasteiger partial charge is 0.484 e. The molecular formula is C18H18BrN3O3. The molecule has 2 N–H and O–H groups in total. The van der Waals surface area contributed by atoms with Crippen LogP contribution in [0.3, 0.4) is 0 Å². The predicted octanol–water partition coefficient (Wildman–Crippen LogP) is 3.35. The number of nitrogens with one attached hydrogen (secondary N) is 2. The van der Waals surface area contributed by atoms with Gasteiger partial charge in [-0.05, 0) is 37.3 Å². The molecule has 0 heterocycles. The number of carbonyl (C=O) groups excluding carboxylic acids is 2. The zero-order valence-corrected chi connectivity index (χ0v) is 15.2. The molecule has 2 aromatic carbocycles. The lowest BCUT2D eigenvalue weighted by molar-refractivity contribution is -0.123. The van der Waals surface area contributed by atoms with Gasteiger partial charge in [-0.2, -0.15) is 5.10 Å². The van der Waals surface area contributed by atoms with Crippen LogP contribution in [0.1, 0.15) is 13.3 Å². The Morgan fingerprint density at radius 2 is 1.84 bits per heavy atom. The molecule has 2 aromatic rings. The molecule has 25 heavy (non-hydrogen) atoms. The van der Waals surface area contributed by atoms with Crippen molar-refractivity contribution in [3.63, 3.8) is 0 Å². The topological polar surface area (TPSA) is 79.8 Å². The summed E-state index contributed by atoms with van der Waals surface area (Å²) < 4.78 is 6.21. The first-order valence-electron chi connectivity index (χ1n) is 7.58. The molecule has 2 rings (SSSR count). The third kappa shape index (κ3) is 7.17. The van der Waals surface area contributed by atoms with Crippen molar-refractivity contribution in [2.45, 2.75) is 13.3 Å². The monoisotopic (exact) mass is 403 g/mol. The number of hydrazone groups is 1. The normalized spacial score (nSPS) is 10.9. The number of nitrogens with zero attached hydrogens (tertiary/aromatic N) is 1. The van der Waals surface area contributed by atoms with Gasteiger partial charge in [-0.3, -0.25) is 9.59 Å². The third-order valence-electron chi connectivity index (χ3n) is 3.01. The van der Waals surface area contributed by atoms with Gasteiger partial charge in [0.1, 0.15) is 5.75 Å². The van der Waals surface area contributed by atoms with Crippen LogP contribution in [0.15, 0.2) is 64.2 Å². The van der Waals surface area contributed by atoms with Crippen molar-refractivity contribution < 1.29 is 14.3 Å². The molecule has 0 radical (unpaired) electrons. The Bertz CT molecular complexity index is 763. The van der Waals surface area contributed by atoms with Crippen LogP contribution in [0.2, 0.25) is 0 Å². The fraction of sp³-hybridized carbons (Fsp3) is 0.167. The number of hydrogen-bond acceptors (Lipinski definition) is 4. The van der Waals surface area contributed by atoms with E-state index in [9.17, 15) is 9.59 Å². The van der Waals surface area contributed by atoms with E-state index in [0.29, 0.717) is 17.1 Å². The number of carbonyl (C=O) groups is 2. The highest BCUT2D eigenvalue weighted by molar-refractivity contribution is 9.10. The van der Waals surface area contributed by atoms with E-state index in [1.165, 1.54) is 0 Å². The van der Waals surface area contributed by atoms with Crippen LogP contribution in [0.4, 0.5) is 5.69 Å². The second-order valence-corrected chi connectivity index (χ2v) is 6.13. The van der Waals surface area contributed by atoms with Crippen LogP contribution in [-0.2, 0) is 9.59 Å². The van der Waals surface area contributed by atoms with Gasteiger partial charge in [0.25, 0.3) is 5.91 Å². The molecule has 0 aliphatic carbocycles. The Hall–Kier alpha value is -2.67. The number of para-hydroxylation sites is 1. The molecule has 0 aliphatic heterocycles. The van der Waals surface area contributed by atoms with E-state index in [1.807, 2.05) is 30.3 Å². The second kappa shape index (κ2) is 9.58. The van der Waals surface area contributed by atoms with Crippen molar-refractivity contribution in [3.8, 4) is 5.75 Å². The summed E-state index contributed by atoms with van der Waals surface area (Å²) in [5, 5.41) is 6.65. The number of rotatable bonds is 7. The molecule has 6 nitrogen and oxygen atoms in total. The van der Waals surface area contributed by atoms with Crippen LogP contribution in [0.5, 0.6) is 5.75 Å². The third-order valence-corrected chi connectivity index (χ3v) is 3.50. The highest BCUT2D eigenvalue weighted by Gasteiger charge is 2.06. The van der Waals surface area contributed by atoms with Crippen molar-refractivity contribution in [1.29, 1.82) is 0 Å². The Kier molecular flexibility index (Phi) is 7.16. The summed E-state index contributed by atoms with van der Waals surface area (Å²) in [6, 6.07) is 16.3. The van der Waals surface area contributed by atoms with Crippen molar-refractivity contribution >= 4 is 39.1 Å². The summed E-state index contributed by atoms with van der Waals surface area (Å²) >= 11 is 3.33. The smallest absolute Gasteiger partial charge is 0.277 e. The summed E-state index contributed by atoms with van der Waals surface area (Å²) in [4.78, 5) is 23.6. The van der Waals surface area contributed by atoms with E-state index in [1.54, 1.807) is 31.2 Å². The number of ether oxygens (including phenoxy) is 1. The van der Waals surface area contributed by atoms with Gasteiger partial charge >= 0.3 is 0 Å². The minimum atomic E-state index is -0.400. The van der Waals surface area contributed by atoms with E-state index in [4.69, 9.17) is 4.74 Å². The standard InChI is InChI=1S/C18H18BrN3O3/c1-13(10-17(23)20-15-7-3-2-4-8-15)21-22-18(24)12-25-16-9-5-6-14(19)11-16/h2-9,11H,10,12H2,1H3,(H,20,23)(H,22,24)/b21-13+. The number of benzene rings is 2. The van der Waals surface area contributed by atoms with Crippen molar-refractivity contribution in [3.05, 3.63) is 59.1 Å².